The number of benzene rings is 1. The maximum absolute atomic E-state index is 11.3. The smallest absolute Gasteiger partial charge is 0.262 e. The van der Waals surface area contributed by atoms with E-state index >= 15 is 0 Å². The number of hydrogen-bond acceptors (Lipinski definition) is 5. The second kappa shape index (κ2) is 5.34. The molecule has 1 amide bonds. The van der Waals surface area contributed by atoms with Crippen LogP contribution in [0.5, 0.6) is 5.75 Å². The van der Waals surface area contributed by atoms with Gasteiger partial charge in [0.05, 0.1) is 18.4 Å². The summed E-state index contributed by atoms with van der Waals surface area (Å²) in [5.74, 6) is 2.04. The average molecular weight is 273 g/mol. The lowest BCUT2D eigenvalue weighted by atomic mass is 10.1. The summed E-state index contributed by atoms with van der Waals surface area (Å²) < 4.78 is 10.7. The van der Waals surface area contributed by atoms with E-state index in [9.17, 15) is 4.79 Å². The van der Waals surface area contributed by atoms with E-state index in [1.165, 1.54) is 0 Å². The molecule has 1 aliphatic heterocycles. The molecule has 2 N–H and O–H groups in total. The molecule has 0 unspecified atom stereocenters. The second-order valence-corrected chi connectivity index (χ2v) is 4.64. The van der Waals surface area contributed by atoms with Crippen LogP contribution in [0.2, 0.25) is 0 Å². The summed E-state index contributed by atoms with van der Waals surface area (Å²) in [4.78, 5) is 15.4. The molecular weight excluding hydrogens is 258 g/mol. The van der Waals surface area contributed by atoms with E-state index < -0.39 is 0 Å². The number of amides is 1. The van der Waals surface area contributed by atoms with Crippen LogP contribution < -0.4 is 15.4 Å². The van der Waals surface area contributed by atoms with Gasteiger partial charge in [-0.15, -0.1) is 0 Å². The molecule has 104 valence electrons. The maximum atomic E-state index is 11.3. The van der Waals surface area contributed by atoms with E-state index in [0.29, 0.717) is 30.4 Å². The topological polar surface area (TPSA) is 76.4 Å². The Kier molecular flexibility index (Phi) is 3.39. The zero-order valence-corrected chi connectivity index (χ0v) is 11.1. The number of fused-ring (bicyclic) bond motifs is 1. The Morgan fingerprint density at radius 2 is 2.30 bits per heavy atom. The van der Waals surface area contributed by atoms with Gasteiger partial charge in [-0.1, -0.05) is 6.07 Å². The van der Waals surface area contributed by atoms with Crippen molar-refractivity contribution >= 4 is 11.6 Å². The van der Waals surface area contributed by atoms with Crippen LogP contribution in [0.3, 0.4) is 0 Å². The van der Waals surface area contributed by atoms with Gasteiger partial charge in [0.2, 0.25) is 5.89 Å². The molecule has 0 saturated carbocycles. The normalized spacial score (nSPS) is 13.6. The summed E-state index contributed by atoms with van der Waals surface area (Å²) in [5.41, 5.74) is 1.77. The van der Waals surface area contributed by atoms with Gasteiger partial charge in [0.25, 0.3) is 5.91 Å². The van der Waals surface area contributed by atoms with Gasteiger partial charge in [0.1, 0.15) is 11.5 Å². The minimum Gasteiger partial charge on any atom is -0.482 e. The molecule has 0 atom stereocenters. The highest BCUT2D eigenvalue weighted by molar-refractivity contribution is 5.95. The molecule has 6 heteroatoms. The number of carbonyl (C=O) groups excluding carboxylic acids is 1. The largest absolute Gasteiger partial charge is 0.482 e. The number of aryl methyl sites for hydroxylation is 1. The molecule has 1 aliphatic rings. The summed E-state index contributed by atoms with van der Waals surface area (Å²) in [7, 11) is 0. The lowest BCUT2D eigenvalue weighted by molar-refractivity contribution is -0.118. The fourth-order valence-corrected chi connectivity index (χ4v) is 2.04. The predicted octanol–water partition coefficient (Wildman–Crippen LogP) is 1.60. The molecule has 0 spiro atoms. The molecule has 20 heavy (non-hydrogen) atoms. The molecule has 1 aromatic heterocycles. The number of oxazole rings is 1. The van der Waals surface area contributed by atoms with Crippen LogP contribution in [-0.2, 0) is 17.9 Å². The predicted molar refractivity (Wildman–Crippen MR) is 72.4 cm³/mol. The van der Waals surface area contributed by atoms with Gasteiger partial charge in [-0.2, -0.15) is 0 Å². The Bertz CT molecular complexity index is 636. The number of ether oxygens (including phenoxy) is 1. The molecule has 1 aromatic carbocycles. The number of aromatic nitrogens is 1. The van der Waals surface area contributed by atoms with Crippen molar-refractivity contribution in [3.05, 3.63) is 41.6 Å². The number of carbonyl (C=O) groups is 1. The Balaban J connectivity index is 1.60. The molecule has 0 bridgehead atoms. The third-order valence-electron chi connectivity index (χ3n) is 2.95. The number of rotatable bonds is 4. The first-order valence-corrected chi connectivity index (χ1v) is 6.38. The van der Waals surface area contributed by atoms with Crippen LogP contribution >= 0.6 is 0 Å². The van der Waals surface area contributed by atoms with Gasteiger partial charge >= 0.3 is 0 Å². The summed E-state index contributed by atoms with van der Waals surface area (Å²) >= 11 is 0. The molecule has 2 aromatic rings. The fraction of sp³-hybridized carbons (Fsp3) is 0.286. The lowest BCUT2D eigenvalue weighted by Gasteiger charge is -2.18. The van der Waals surface area contributed by atoms with Crippen LogP contribution in [0.25, 0.3) is 0 Å². The lowest BCUT2D eigenvalue weighted by Crippen LogP contribution is -2.25. The first kappa shape index (κ1) is 12.7. The number of nitrogens with zero attached hydrogens (tertiary/aromatic N) is 1. The maximum Gasteiger partial charge on any atom is 0.262 e. The van der Waals surface area contributed by atoms with E-state index in [0.717, 1.165) is 11.3 Å². The minimum absolute atomic E-state index is 0.0775. The minimum atomic E-state index is -0.127. The summed E-state index contributed by atoms with van der Waals surface area (Å²) in [5, 5.41) is 6.03. The van der Waals surface area contributed by atoms with E-state index in [1.807, 2.05) is 25.1 Å². The molecule has 6 nitrogen and oxygen atoms in total. The van der Waals surface area contributed by atoms with E-state index in [4.69, 9.17) is 9.15 Å². The molecule has 0 saturated heterocycles. The van der Waals surface area contributed by atoms with Crippen molar-refractivity contribution in [2.75, 3.05) is 11.9 Å². The summed E-state index contributed by atoms with van der Waals surface area (Å²) in [6.45, 7) is 3.16. The van der Waals surface area contributed by atoms with Crippen LogP contribution in [0.1, 0.15) is 17.2 Å². The van der Waals surface area contributed by atoms with Gasteiger partial charge in [0, 0.05) is 6.54 Å². The van der Waals surface area contributed by atoms with E-state index in [2.05, 4.69) is 15.6 Å². The van der Waals surface area contributed by atoms with Crippen LogP contribution in [0, 0.1) is 6.92 Å². The third kappa shape index (κ3) is 2.80. The van der Waals surface area contributed by atoms with Crippen molar-refractivity contribution in [2.24, 2.45) is 0 Å². The Hall–Kier alpha value is -2.34. The van der Waals surface area contributed by atoms with Crippen LogP contribution in [0.4, 0.5) is 5.69 Å². The molecule has 0 radical (unpaired) electrons. The standard InChI is InChI=1S/C14H15N3O3/c1-9-5-16-14(20-9)7-15-6-10-2-3-12-11(4-10)17-13(18)8-19-12/h2-5,15H,6-8H2,1H3,(H,17,18). The first-order valence-electron chi connectivity index (χ1n) is 6.38. The van der Waals surface area contributed by atoms with Gasteiger partial charge in [-0.05, 0) is 24.6 Å². The van der Waals surface area contributed by atoms with Gasteiger partial charge < -0.3 is 19.8 Å². The van der Waals surface area contributed by atoms with Gasteiger partial charge in [0.15, 0.2) is 6.61 Å². The van der Waals surface area contributed by atoms with Crippen LogP contribution in [-0.4, -0.2) is 17.5 Å². The highest BCUT2D eigenvalue weighted by Crippen LogP contribution is 2.28. The Morgan fingerprint density at radius 3 is 3.10 bits per heavy atom. The molecule has 3 rings (SSSR count). The van der Waals surface area contributed by atoms with Crippen molar-refractivity contribution in [2.45, 2.75) is 20.0 Å². The monoisotopic (exact) mass is 273 g/mol. The molecule has 0 aliphatic carbocycles. The van der Waals surface area contributed by atoms with Crippen molar-refractivity contribution < 1.29 is 13.9 Å². The molecule has 0 fully saturated rings. The zero-order chi connectivity index (χ0) is 13.9. The average Bonchev–Trinajstić information content (AvgIpc) is 2.84. The number of nitrogens with one attached hydrogen (secondary N) is 2. The highest BCUT2D eigenvalue weighted by atomic mass is 16.5. The SMILES string of the molecule is Cc1cnc(CNCc2ccc3c(c2)NC(=O)CO3)o1. The van der Waals surface area contributed by atoms with E-state index in [-0.39, 0.29) is 12.5 Å². The van der Waals surface area contributed by atoms with Crippen molar-refractivity contribution in [1.82, 2.24) is 10.3 Å². The fourth-order valence-electron chi connectivity index (χ4n) is 2.04. The highest BCUT2D eigenvalue weighted by Gasteiger charge is 2.15. The Morgan fingerprint density at radius 1 is 1.40 bits per heavy atom. The molecule has 2 heterocycles. The zero-order valence-electron chi connectivity index (χ0n) is 11.1. The van der Waals surface area contributed by atoms with E-state index in [1.54, 1.807) is 6.20 Å². The summed E-state index contributed by atoms with van der Waals surface area (Å²) in [6, 6.07) is 5.73. The van der Waals surface area contributed by atoms with Gasteiger partial charge in [-0.3, -0.25) is 4.79 Å². The summed E-state index contributed by atoms with van der Waals surface area (Å²) in [6.07, 6.45) is 1.70. The van der Waals surface area contributed by atoms with Crippen molar-refractivity contribution in [3.63, 3.8) is 0 Å². The number of hydrogen-bond donors (Lipinski definition) is 2. The second-order valence-electron chi connectivity index (χ2n) is 4.64. The van der Waals surface area contributed by atoms with Crippen molar-refractivity contribution in [3.8, 4) is 5.75 Å². The Labute approximate surface area is 116 Å². The third-order valence-corrected chi connectivity index (χ3v) is 2.95. The first-order chi connectivity index (χ1) is 9.70. The number of anilines is 1. The quantitative estimate of drug-likeness (QED) is 0.885. The van der Waals surface area contributed by atoms with Gasteiger partial charge in [-0.25, -0.2) is 4.98 Å². The van der Waals surface area contributed by atoms with Crippen molar-refractivity contribution in [1.29, 1.82) is 0 Å². The molecular formula is C14H15N3O3. The van der Waals surface area contributed by atoms with Crippen LogP contribution in [0.15, 0.2) is 28.8 Å².